The fraction of sp³-hybridized carbons (Fsp3) is 0.286. The molecule has 1 aliphatic heterocycles. The summed E-state index contributed by atoms with van der Waals surface area (Å²) in [5, 5.41) is 5.75. The van der Waals surface area contributed by atoms with Crippen LogP contribution >= 0.6 is 0 Å². The summed E-state index contributed by atoms with van der Waals surface area (Å²) in [7, 11) is 0. The quantitative estimate of drug-likeness (QED) is 0.669. The summed E-state index contributed by atoms with van der Waals surface area (Å²) in [5.41, 5.74) is 2.97. The summed E-state index contributed by atoms with van der Waals surface area (Å²) >= 11 is 0. The number of carbonyl (C=O) groups is 2. The molecule has 3 aromatic heterocycles. The second-order valence-electron chi connectivity index (χ2n) is 6.93. The largest absolute Gasteiger partial charge is 0.347 e. The van der Waals surface area contributed by atoms with Crippen LogP contribution in [-0.4, -0.2) is 31.3 Å². The molecule has 4 rings (SSSR count). The van der Waals surface area contributed by atoms with Crippen LogP contribution in [0.4, 0.5) is 0 Å². The number of amides is 2. The van der Waals surface area contributed by atoms with Gasteiger partial charge in [-0.3, -0.25) is 19.6 Å². The first-order chi connectivity index (χ1) is 14.2. The first-order valence-electron chi connectivity index (χ1n) is 9.66. The Hall–Kier alpha value is -3.55. The fourth-order valence-electron chi connectivity index (χ4n) is 3.43. The number of nitrogens with one attached hydrogen (secondary N) is 2. The highest BCUT2D eigenvalue weighted by molar-refractivity contribution is 5.97. The molecule has 29 heavy (non-hydrogen) atoms. The highest BCUT2D eigenvalue weighted by Gasteiger charge is 2.27. The van der Waals surface area contributed by atoms with E-state index in [-0.39, 0.29) is 17.6 Å². The minimum atomic E-state index is -0.289. The number of rotatable bonds is 6. The molecule has 8 heteroatoms. The number of hydrogen-bond donors (Lipinski definition) is 2. The van der Waals surface area contributed by atoms with E-state index in [0.717, 1.165) is 36.1 Å². The molecular weight excluding hydrogens is 368 g/mol. The van der Waals surface area contributed by atoms with Crippen LogP contribution in [0.1, 0.15) is 50.8 Å². The maximum Gasteiger partial charge on any atom is 0.287 e. The Kier molecular flexibility index (Phi) is 5.60. The molecule has 0 atom stereocenters. The van der Waals surface area contributed by atoms with E-state index >= 15 is 0 Å². The average molecular weight is 390 g/mol. The van der Waals surface area contributed by atoms with Crippen LogP contribution in [0, 0.1) is 0 Å². The van der Waals surface area contributed by atoms with Gasteiger partial charge in [0, 0.05) is 44.4 Å². The van der Waals surface area contributed by atoms with Crippen LogP contribution < -0.4 is 10.6 Å². The minimum Gasteiger partial charge on any atom is -0.347 e. The van der Waals surface area contributed by atoms with Crippen molar-refractivity contribution in [2.75, 3.05) is 0 Å². The molecule has 0 aliphatic carbocycles. The SMILES string of the molecule is O=C(NCc1cccnc1)c1nc(C(=O)NCc2cccnc2)n2c1CCCC2. The Morgan fingerprint density at radius 3 is 2.21 bits per heavy atom. The molecule has 8 nitrogen and oxygen atoms in total. The Morgan fingerprint density at radius 1 is 0.931 bits per heavy atom. The van der Waals surface area contributed by atoms with Crippen molar-refractivity contribution < 1.29 is 9.59 Å². The maximum atomic E-state index is 12.8. The molecule has 1 aliphatic rings. The Morgan fingerprint density at radius 2 is 1.59 bits per heavy atom. The molecule has 0 bridgehead atoms. The van der Waals surface area contributed by atoms with Gasteiger partial charge in [-0.2, -0.15) is 0 Å². The minimum absolute atomic E-state index is 0.272. The lowest BCUT2D eigenvalue weighted by molar-refractivity contribution is 0.0935. The first-order valence-corrected chi connectivity index (χ1v) is 9.66. The second kappa shape index (κ2) is 8.64. The van der Waals surface area contributed by atoms with Crippen molar-refractivity contribution in [3.63, 3.8) is 0 Å². The van der Waals surface area contributed by atoms with Crippen molar-refractivity contribution in [3.8, 4) is 0 Å². The van der Waals surface area contributed by atoms with Crippen LogP contribution in [0.25, 0.3) is 0 Å². The number of hydrogen-bond acceptors (Lipinski definition) is 5. The van der Waals surface area contributed by atoms with Crippen LogP contribution in [-0.2, 0) is 26.1 Å². The summed E-state index contributed by atoms with van der Waals surface area (Å²) in [5.74, 6) is -0.274. The number of pyridine rings is 2. The monoisotopic (exact) mass is 390 g/mol. The molecule has 0 saturated heterocycles. The van der Waals surface area contributed by atoms with Gasteiger partial charge in [-0.05, 0) is 42.5 Å². The van der Waals surface area contributed by atoms with E-state index in [4.69, 9.17) is 0 Å². The maximum absolute atomic E-state index is 12.8. The highest BCUT2D eigenvalue weighted by atomic mass is 16.2. The van der Waals surface area contributed by atoms with E-state index in [2.05, 4.69) is 25.6 Å². The van der Waals surface area contributed by atoms with Crippen LogP contribution in [0.2, 0.25) is 0 Å². The third-order valence-corrected chi connectivity index (χ3v) is 4.89. The molecule has 0 aromatic carbocycles. The predicted molar refractivity (Wildman–Crippen MR) is 106 cm³/mol. The third kappa shape index (κ3) is 4.31. The Balaban J connectivity index is 1.50. The van der Waals surface area contributed by atoms with Crippen molar-refractivity contribution >= 4 is 11.8 Å². The third-order valence-electron chi connectivity index (χ3n) is 4.89. The summed E-state index contributed by atoms with van der Waals surface area (Å²) in [6.45, 7) is 1.41. The lowest BCUT2D eigenvalue weighted by atomic mass is 10.1. The van der Waals surface area contributed by atoms with Gasteiger partial charge in [0.25, 0.3) is 11.8 Å². The van der Waals surface area contributed by atoms with E-state index < -0.39 is 0 Å². The van der Waals surface area contributed by atoms with Gasteiger partial charge in [-0.15, -0.1) is 0 Å². The molecule has 0 saturated carbocycles. The lowest BCUT2D eigenvalue weighted by Crippen LogP contribution is -2.27. The standard InChI is InChI=1S/C21H22N6O2/c28-20(24-13-15-5-3-8-22-11-15)18-17-7-1-2-10-27(17)19(26-18)21(29)25-14-16-6-4-9-23-12-16/h3-6,8-9,11-12H,1-2,7,10,13-14H2,(H,24,28)(H,25,29). The van der Waals surface area contributed by atoms with Gasteiger partial charge in [-0.1, -0.05) is 12.1 Å². The lowest BCUT2D eigenvalue weighted by Gasteiger charge is -2.17. The summed E-state index contributed by atoms with van der Waals surface area (Å²) in [6.07, 6.45) is 9.46. The smallest absolute Gasteiger partial charge is 0.287 e. The van der Waals surface area contributed by atoms with Crippen molar-refractivity contribution in [2.45, 2.75) is 38.9 Å². The number of imidazole rings is 1. The molecule has 3 aromatic rings. The normalized spacial score (nSPS) is 12.8. The average Bonchev–Trinajstić information content (AvgIpc) is 3.17. The molecule has 2 amide bonds. The molecule has 0 radical (unpaired) electrons. The predicted octanol–water partition coefficient (Wildman–Crippen LogP) is 1.87. The topological polar surface area (TPSA) is 102 Å². The molecule has 4 heterocycles. The number of aromatic nitrogens is 4. The van der Waals surface area contributed by atoms with Crippen molar-refractivity contribution in [1.29, 1.82) is 0 Å². The zero-order valence-electron chi connectivity index (χ0n) is 16.0. The van der Waals surface area contributed by atoms with Gasteiger partial charge in [0.15, 0.2) is 5.82 Å². The zero-order valence-corrected chi connectivity index (χ0v) is 16.0. The zero-order chi connectivity index (χ0) is 20.1. The van der Waals surface area contributed by atoms with E-state index in [0.29, 0.717) is 25.3 Å². The highest BCUT2D eigenvalue weighted by Crippen LogP contribution is 2.21. The Bertz CT molecular complexity index is 921. The molecule has 148 valence electrons. The molecule has 0 spiro atoms. The summed E-state index contributed by atoms with van der Waals surface area (Å²) in [6, 6.07) is 7.44. The van der Waals surface area contributed by atoms with Gasteiger partial charge >= 0.3 is 0 Å². The number of nitrogens with zero attached hydrogens (tertiary/aromatic N) is 4. The van der Waals surface area contributed by atoms with Crippen molar-refractivity contribution in [1.82, 2.24) is 30.2 Å². The summed E-state index contributed by atoms with van der Waals surface area (Å²) < 4.78 is 1.88. The first kappa shape index (κ1) is 18.8. The van der Waals surface area contributed by atoms with Crippen LogP contribution in [0.3, 0.4) is 0 Å². The molecule has 0 unspecified atom stereocenters. The van der Waals surface area contributed by atoms with Gasteiger partial charge < -0.3 is 15.2 Å². The van der Waals surface area contributed by atoms with Crippen molar-refractivity contribution in [3.05, 3.63) is 77.4 Å². The fourth-order valence-corrected chi connectivity index (χ4v) is 3.43. The van der Waals surface area contributed by atoms with E-state index in [9.17, 15) is 9.59 Å². The van der Waals surface area contributed by atoms with E-state index in [1.165, 1.54) is 0 Å². The number of carbonyl (C=O) groups excluding carboxylic acids is 2. The van der Waals surface area contributed by atoms with E-state index in [1.54, 1.807) is 24.8 Å². The van der Waals surface area contributed by atoms with Gasteiger partial charge in [0.2, 0.25) is 0 Å². The van der Waals surface area contributed by atoms with Crippen LogP contribution in [0.15, 0.2) is 49.1 Å². The Labute approximate surface area is 168 Å². The van der Waals surface area contributed by atoms with Gasteiger partial charge in [-0.25, -0.2) is 4.98 Å². The van der Waals surface area contributed by atoms with Crippen molar-refractivity contribution in [2.24, 2.45) is 0 Å². The van der Waals surface area contributed by atoms with E-state index in [1.807, 2.05) is 28.8 Å². The van der Waals surface area contributed by atoms with Crippen LogP contribution in [0.5, 0.6) is 0 Å². The molecule has 2 N–H and O–H groups in total. The van der Waals surface area contributed by atoms with Gasteiger partial charge in [0.1, 0.15) is 5.69 Å². The van der Waals surface area contributed by atoms with Gasteiger partial charge in [0.05, 0.1) is 5.69 Å². The molecule has 0 fully saturated rings. The summed E-state index contributed by atoms with van der Waals surface area (Å²) in [4.78, 5) is 38.0. The number of fused-ring (bicyclic) bond motifs is 1. The molecular formula is C21H22N6O2. The second-order valence-corrected chi connectivity index (χ2v) is 6.93.